The van der Waals surface area contributed by atoms with E-state index < -0.39 is 0 Å². The lowest BCUT2D eigenvalue weighted by Gasteiger charge is -2.32. The molecule has 1 aromatic rings. The number of guanidine groups is 1. The molecule has 1 heterocycles. The molecule has 6 nitrogen and oxygen atoms in total. The van der Waals surface area contributed by atoms with Crippen LogP contribution in [0.2, 0.25) is 0 Å². The Kier molecular flexibility index (Phi) is 9.25. The lowest BCUT2D eigenvalue weighted by molar-refractivity contribution is 0.206. The molecule has 0 aromatic heterocycles. The van der Waals surface area contributed by atoms with E-state index in [1.54, 1.807) is 14.2 Å². The van der Waals surface area contributed by atoms with Gasteiger partial charge < -0.3 is 25.0 Å². The van der Waals surface area contributed by atoms with Crippen molar-refractivity contribution < 1.29 is 9.47 Å². The number of likely N-dealkylation sites (tertiary alicyclic amines) is 1. The van der Waals surface area contributed by atoms with Gasteiger partial charge in [-0.25, -0.2) is 0 Å². The summed E-state index contributed by atoms with van der Waals surface area (Å²) in [5, 5.41) is 7.02. The number of ether oxygens (including phenoxy) is 2. The van der Waals surface area contributed by atoms with Crippen molar-refractivity contribution in [3.05, 3.63) is 23.8 Å². The van der Waals surface area contributed by atoms with E-state index in [0.29, 0.717) is 6.04 Å². The Morgan fingerprint density at radius 3 is 2.56 bits per heavy atom. The zero-order chi connectivity index (χ0) is 19.5. The highest BCUT2D eigenvalue weighted by molar-refractivity contribution is 5.79. The van der Waals surface area contributed by atoms with E-state index in [4.69, 9.17) is 9.47 Å². The van der Waals surface area contributed by atoms with Crippen molar-refractivity contribution in [1.82, 2.24) is 15.5 Å². The van der Waals surface area contributed by atoms with Crippen LogP contribution in [-0.4, -0.2) is 64.3 Å². The fraction of sp³-hybridized carbons (Fsp3) is 0.667. The van der Waals surface area contributed by atoms with E-state index in [0.717, 1.165) is 36.8 Å². The van der Waals surface area contributed by atoms with Crippen LogP contribution in [0, 0.1) is 0 Å². The van der Waals surface area contributed by atoms with E-state index in [1.165, 1.54) is 44.5 Å². The summed E-state index contributed by atoms with van der Waals surface area (Å²) in [5.41, 5.74) is 1.25. The molecular formula is C21H36N4O2. The van der Waals surface area contributed by atoms with E-state index in [-0.39, 0.29) is 0 Å². The van der Waals surface area contributed by atoms with Crippen LogP contribution < -0.4 is 20.1 Å². The maximum Gasteiger partial charge on any atom is 0.191 e. The number of piperidine rings is 1. The molecule has 2 N–H and O–H groups in total. The summed E-state index contributed by atoms with van der Waals surface area (Å²) in [4.78, 5) is 6.93. The van der Waals surface area contributed by atoms with Gasteiger partial charge in [-0.1, -0.05) is 13.0 Å². The minimum Gasteiger partial charge on any atom is -0.493 e. The van der Waals surface area contributed by atoms with Gasteiger partial charge in [0.05, 0.1) is 14.2 Å². The van der Waals surface area contributed by atoms with Crippen LogP contribution in [0.4, 0.5) is 0 Å². The molecule has 1 saturated heterocycles. The summed E-state index contributed by atoms with van der Waals surface area (Å²) >= 11 is 0. The molecule has 27 heavy (non-hydrogen) atoms. The zero-order valence-corrected chi connectivity index (χ0v) is 17.4. The third-order valence-electron chi connectivity index (χ3n) is 5.07. The monoisotopic (exact) mass is 376 g/mol. The molecule has 1 aliphatic heterocycles. The lowest BCUT2D eigenvalue weighted by Crippen LogP contribution is -2.48. The standard InChI is InChI=1S/C21H36N4O2/c1-5-13-25-14-10-18(11-15-25)24-21(22-2)23-12-6-7-17-8-9-19(26-3)20(16-17)27-4/h8-9,16,18H,5-7,10-15H2,1-4H3,(H2,22,23,24). The van der Waals surface area contributed by atoms with E-state index >= 15 is 0 Å². The van der Waals surface area contributed by atoms with Gasteiger partial charge in [0.15, 0.2) is 17.5 Å². The highest BCUT2D eigenvalue weighted by atomic mass is 16.5. The molecule has 0 atom stereocenters. The molecule has 2 rings (SSSR count). The van der Waals surface area contributed by atoms with Gasteiger partial charge >= 0.3 is 0 Å². The predicted octanol–water partition coefficient (Wildman–Crippen LogP) is 2.68. The largest absolute Gasteiger partial charge is 0.493 e. The van der Waals surface area contributed by atoms with E-state index in [9.17, 15) is 0 Å². The molecule has 0 bridgehead atoms. The van der Waals surface area contributed by atoms with Crippen LogP contribution >= 0.6 is 0 Å². The first-order valence-corrected chi connectivity index (χ1v) is 10.1. The van der Waals surface area contributed by atoms with Crippen molar-refractivity contribution in [3.63, 3.8) is 0 Å². The van der Waals surface area contributed by atoms with Crippen LogP contribution in [-0.2, 0) is 6.42 Å². The van der Waals surface area contributed by atoms with Crippen LogP contribution in [0.25, 0.3) is 0 Å². The first kappa shape index (κ1) is 21.4. The van der Waals surface area contributed by atoms with Gasteiger partial charge in [0, 0.05) is 32.7 Å². The highest BCUT2D eigenvalue weighted by Gasteiger charge is 2.19. The summed E-state index contributed by atoms with van der Waals surface area (Å²) in [7, 11) is 5.18. The molecule has 0 spiro atoms. The summed E-state index contributed by atoms with van der Waals surface area (Å²) in [6, 6.07) is 6.64. The van der Waals surface area contributed by atoms with Gasteiger partial charge in [-0.05, 0) is 56.3 Å². The van der Waals surface area contributed by atoms with Crippen molar-refractivity contribution in [1.29, 1.82) is 0 Å². The van der Waals surface area contributed by atoms with Crippen molar-refractivity contribution in [2.24, 2.45) is 4.99 Å². The van der Waals surface area contributed by atoms with Crippen LogP contribution in [0.5, 0.6) is 11.5 Å². The first-order chi connectivity index (χ1) is 13.2. The highest BCUT2D eigenvalue weighted by Crippen LogP contribution is 2.27. The number of hydrogen-bond donors (Lipinski definition) is 2. The van der Waals surface area contributed by atoms with E-state index in [1.807, 2.05) is 13.1 Å². The molecular weight excluding hydrogens is 340 g/mol. The Hall–Kier alpha value is -1.95. The average molecular weight is 377 g/mol. The number of nitrogens with zero attached hydrogens (tertiary/aromatic N) is 2. The van der Waals surface area contributed by atoms with Crippen LogP contribution in [0.1, 0.15) is 38.2 Å². The molecule has 0 unspecified atom stereocenters. The Bertz CT molecular complexity index is 584. The lowest BCUT2D eigenvalue weighted by atomic mass is 10.1. The summed E-state index contributed by atoms with van der Waals surface area (Å²) in [5.74, 6) is 2.47. The average Bonchev–Trinajstić information content (AvgIpc) is 2.71. The molecule has 1 aliphatic rings. The molecule has 1 aromatic carbocycles. The Morgan fingerprint density at radius 1 is 1.19 bits per heavy atom. The number of aryl methyl sites for hydroxylation is 1. The topological polar surface area (TPSA) is 58.1 Å². The van der Waals surface area contributed by atoms with Crippen molar-refractivity contribution in [2.45, 2.75) is 45.1 Å². The van der Waals surface area contributed by atoms with Crippen molar-refractivity contribution in [2.75, 3.05) is 47.4 Å². The molecule has 0 amide bonds. The smallest absolute Gasteiger partial charge is 0.191 e. The number of aliphatic imine (C=N–C) groups is 1. The minimum absolute atomic E-state index is 0.523. The number of hydrogen-bond acceptors (Lipinski definition) is 4. The van der Waals surface area contributed by atoms with Crippen molar-refractivity contribution >= 4 is 5.96 Å². The second-order valence-electron chi connectivity index (χ2n) is 7.05. The predicted molar refractivity (Wildman–Crippen MR) is 112 cm³/mol. The van der Waals surface area contributed by atoms with Crippen LogP contribution in [0.3, 0.4) is 0 Å². The summed E-state index contributed by atoms with van der Waals surface area (Å²) in [6.07, 6.45) is 5.63. The second-order valence-corrected chi connectivity index (χ2v) is 7.05. The molecule has 6 heteroatoms. The Morgan fingerprint density at radius 2 is 1.93 bits per heavy atom. The Balaban J connectivity index is 1.69. The summed E-state index contributed by atoms with van der Waals surface area (Å²) < 4.78 is 10.7. The fourth-order valence-corrected chi connectivity index (χ4v) is 3.54. The summed E-state index contributed by atoms with van der Waals surface area (Å²) in [6.45, 7) is 6.72. The quantitative estimate of drug-likeness (QED) is 0.394. The van der Waals surface area contributed by atoms with E-state index in [2.05, 4.69) is 39.6 Å². The number of rotatable bonds is 9. The Labute approximate surface area is 164 Å². The van der Waals surface area contributed by atoms with Gasteiger partial charge in [0.2, 0.25) is 0 Å². The third-order valence-corrected chi connectivity index (χ3v) is 5.07. The normalized spacial score (nSPS) is 16.2. The van der Waals surface area contributed by atoms with Gasteiger partial charge in [-0.15, -0.1) is 0 Å². The minimum atomic E-state index is 0.523. The number of benzene rings is 1. The number of nitrogens with one attached hydrogen (secondary N) is 2. The van der Waals surface area contributed by atoms with Crippen LogP contribution in [0.15, 0.2) is 23.2 Å². The van der Waals surface area contributed by atoms with Crippen molar-refractivity contribution in [3.8, 4) is 11.5 Å². The molecule has 0 radical (unpaired) electrons. The van der Waals surface area contributed by atoms with Gasteiger partial charge in [-0.3, -0.25) is 4.99 Å². The van der Waals surface area contributed by atoms with Gasteiger partial charge in [0.1, 0.15) is 0 Å². The SMILES string of the molecule is CCCN1CCC(NC(=NC)NCCCc2ccc(OC)c(OC)c2)CC1. The maximum atomic E-state index is 5.37. The zero-order valence-electron chi connectivity index (χ0n) is 17.4. The maximum absolute atomic E-state index is 5.37. The second kappa shape index (κ2) is 11.7. The number of methoxy groups -OCH3 is 2. The molecule has 0 aliphatic carbocycles. The van der Waals surface area contributed by atoms with Gasteiger partial charge in [-0.2, -0.15) is 0 Å². The third kappa shape index (κ3) is 6.94. The molecule has 1 fully saturated rings. The first-order valence-electron chi connectivity index (χ1n) is 10.1. The fourth-order valence-electron chi connectivity index (χ4n) is 3.54. The molecule has 152 valence electrons. The molecule has 0 saturated carbocycles. The van der Waals surface area contributed by atoms with Gasteiger partial charge in [0.25, 0.3) is 0 Å².